The van der Waals surface area contributed by atoms with Crippen molar-refractivity contribution in [1.82, 2.24) is 10.5 Å². The minimum Gasteiger partial charge on any atom is -0.484 e. The second kappa shape index (κ2) is 11.0. The highest BCUT2D eigenvalue weighted by Crippen LogP contribution is 2.24. The third kappa shape index (κ3) is 7.17. The minimum absolute atomic E-state index is 0.0709. The summed E-state index contributed by atoms with van der Waals surface area (Å²) in [6.07, 6.45) is 6.54. The maximum atomic E-state index is 11.9. The summed E-state index contributed by atoms with van der Waals surface area (Å²) in [6.45, 7) is 4.29. The predicted molar refractivity (Wildman–Crippen MR) is 102 cm³/mol. The Kier molecular flexibility index (Phi) is 8.64. The molecule has 0 aromatic carbocycles. The number of aliphatic hydroxyl groups is 1. The molecule has 0 saturated carbocycles. The number of aryl methyl sites for hydroxylation is 2. The standard InChI is InChI=1S/C19H28N2O4S/c1-14-12-16(25-21-14)8-6-4-3-5-7-11-24-18-10-9-17(26-18)19(23)20-15(2)13-22/h9-10,12,15,22H,3-8,11,13H2,1-2H3,(H,20,23). The van der Waals surface area contributed by atoms with Crippen LogP contribution in [0.1, 0.15) is 60.2 Å². The number of aliphatic hydroxyl groups excluding tert-OH is 1. The molecule has 0 bridgehead atoms. The average Bonchev–Trinajstić information content (AvgIpc) is 3.26. The van der Waals surface area contributed by atoms with E-state index >= 15 is 0 Å². The quantitative estimate of drug-likeness (QED) is 0.548. The molecule has 0 radical (unpaired) electrons. The van der Waals surface area contributed by atoms with Gasteiger partial charge in [-0.15, -0.1) is 0 Å². The minimum atomic E-state index is -0.248. The van der Waals surface area contributed by atoms with Gasteiger partial charge in [0.1, 0.15) is 5.76 Å². The van der Waals surface area contributed by atoms with Crippen LogP contribution in [-0.4, -0.2) is 35.4 Å². The molecule has 2 N–H and O–H groups in total. The molecule has 0 fully saturated rings. The van der Waals surface area contributed by atoms with E-state index in [1.54, 1.807) is 13.0 Å². The van der Waals surface area contributed by atoms with Gasteiger partial charge < -0.3 is 19.7 Å². The first kappa shape index (κ1) is 20.5. The second-order valence-corrected chi connectivity index (χ2v) is 7.52. The van der Waals surface area contributed by atoms with Crippen LogP contribution >= 0.6 is 11.3 Å². The molecular formula is C19H28N2O4S. The van der Waals surface area contributed by atoms with Crippen molar-refractivity contribution in [1.29, 1.82) is 0 Å². The van der Waals surface area contributed by atoms with Crippen LogP contribution < -0.4 is 10.1 Å². The number of carbonyl (C=O) groups excluding carboxylic acids is 1. The van der Waals surface area contributed by atoms with Gasteiger partial charge in [-0.05, 0) is 38.8 Å². The first-order valence-electron chi connectivity index (χ1n) is 9.15. The van der Waals surface area contributed by atoms with Gasteiger partial charge in [0.15, 0.2) is 5.06 Å². The van der Waals surface area contributed by atoms with Crippen molar-refractivity contribution >= 4 is 17.2 Å². The smallest absolute Gasteiger partial charge is 0.261 e. The Morgan fingerprint density at radius 3 is 2.81 bits per heavy atom. The average molecular weight is 381 g/mol. The number of hydrogen-bond donors (Lipinski definition) is 2. The molecule has 7 heteroatoms. The van der Waals surface area contributed by atoms with E-state index in [0.29, 0.717) is 11.5 Å². The molecule has 1 unspecified atom stereocenters. The summed E-state index contributed by atoms with van der Waals surface area (Å²) in [5.74, 6) is 0.796. The molecule has 2 aromatic heterocycles. The molecule has 0 spiro atoms. The molecule has 2 rings (SSSR count). The van der Waals surface area contributed by atoms with Crippen LogP contribution in [0.2, 0.25) is 0 Å². The molecule has 6 nitrogen and oxygen atoms in total. The molecule has 2 heterocycles. The Morgan fingerprint density at radius 2 is 2.08 bits per heavy atom. The third-order valence-corrected chi connectivity index (χ3v) is 4.94. The third-order valence-electron chi connectivity index (χ3n) is 3.95. The summed E-state index contributed by atoms with van der Waals surface area (Å²) >= 11 is 1.33. The van der Waals surface area contributed by atoms with Gasteiger partial charge in [0.2, 0.25) is 0 Å². The van der Waals surface area contributed by atoms with Crippen molar-refractivity contribution in [2.45, 2.75) is 58.4 Å². The number of hydrogen-bond acceptors (Lipinski definition) is 6. The number of unbranched alkanes of at least 4 members (excludes halogenated alkanes) is 4. The molecule has 1 atom stereocenters. The van der Waals surface area contributed by atoms with Crippen LogP contribution in [0.15, 0.2) is 22.7 Å². The largest absolute Gasteiger partial charge is 0.484 e. The SMILES string of the molecule is Cc1cc(CCCCCCCOc2ccc(C(=O)NC(C)CO)s2)on1. The van der Waals surface area contributed by atoms with Crippen LogP contribution in [0.4, 0.5) is 0 Å². The monoisotopic (exact) mass is 380 g/mol. The normalized spacial score (nSPS) is 12.1. The lowest BCUT2D eigenvalue weighted by Crippen LogP contribution is -2.34. The summed E-state index contributed by atoms with van der Waals surface area (Å²) < 4.78 is 10.9. The van der Waals surface area contributed by atoms with Crippen LogP contribution in [0.5, 0.6) is 5.06 Å². The van der Waals surface area contributed by atoms with Crippen molar-refractivity contribution in [2.75, 3.05) is 13.2 Å². The lowest BCUT2D eigenvalue weighted by Gasteiger charge is -2.08. The lowest BCUT2D eigenvalue weighted by atomic mass is 10.1. The van der Waals surface area contributed by atoms with Crippen LogP contribution in [0, 0.1) is 6.92 Å². The van der Waals surface area contributed by atoms with Crippen molar-refractivity contribution in [2.24, 2.45) is 0 Å². The number of rotatable bonds is 12. The number of carbonyl (C=O) groups is 1. The maximum Gasteiger partial charge on any atom is 0.261 e. The van der Waals surface area contributed by atoms with E-state index in [9.17, 15) is 4.79 Å². The fourth-order valence-electron chi connectivity index (χ4n) is 2.50. The fourth-order valence-corrected chi connectivity index (χ4v) is 3.28. The Morgan fingerprint density at radius 1 is 1.31 bits per heavy atom. The van der Waals surface area contributed by atoms with Crippen molar-refractivity contribution in [3.63, 3.8) is 0 Å². The molecule has 0 saturated heterocycles. The van der Waals surface area contributed by atoms with E-state index in [2.05, 4.69) is 10.5 Å². The van der Waals surface area contributed by atoms with Gasteiger partial charge in [-0.2, -0.15) is 0 Å². The van der Waals surface area contributed by atoms with Crippen LogP contribution in [0.25, 0.3) is 0 Å². The number of nitrogens with zero attached hydrogens (tertiary/aromatic N) is 1. The number of thiophene rings is 1. The highest BCUT2D eigenvalue weighted by atomic mass is 32.1. The van der Waals surface area contributed by atoms with Gasteiger partial charge >= 0.3 is 0 Å². The predicted octanol–water partition coefficient (Wildman–Crippen LogP) is 3.73. The Labute approximate surface area is 158 Å². The van der Waals surface area contributed by atoms with E-state index in [4.69, 9.17) is 14.4 Å². The lowest BCUT2D eigenvalue weighted by molar-refractivity contribution is 0.0926. The van der Waals surface area contributed by atoms with Gasteiger partial charge in [-0.25, -0.2) is 0 Å². The van der Waals surface area contributed by atoms with Gasteiger partial charge in [-0.1, -0.05) is 35.8 Å². The summed E-state index contributed by atoms with van der Waals surface area (Å²) in [4.78, 5) is 12.5. The Bertz CT molecular complexity index is 668. The summed E-state index contributed by atoms with van der Waals surface area (Å²) in [5, 5.41) is 16.3. The van der Waals surface area contributed by atoms with Crippen LogP contribution in [0.3, 0.4) is 0 Å². The van der Waals surface area contributed by atoms with E-state index in [1.165, 1.54) is 24.2 Å². The summed E-state index contributed by atoms with van der Waals surface area (Å²) in [7, 11) is 0. The first-order valence-corrected chi connectivity index (χ1v) is 9.96. The van der Waals surface area contributed by atoms with Crippen molar-refractivity contribution < 1.29 is 19.2 Å². The summed E-state index contributed by atoms with van der Waals surface area (Å²) in [5.41, 5.74) is 0.939. The van der Waals surface area contributed by atoms with Crippen LogP contribution in [-0.2, 0) is 6.42 Å². The molecule has 144 valence electrons. The van der Waals surface area contributed by atoms with E-state index in [0.717, 1.165) is 42.2 Å². The molecule has 26 heavy (non-hydrogen) atoms. The first-order chi connectivity index (χ1) is 12.6. The van der Waals surface area contributed by atoms with E-state index in [1.807, 2.05) is 19.1 Å². The number of amides is 1. The Hall–Kier alpha value is -1.86. The zero-order chi connectivity index (χ0) is 18.8. The second-order valence-electron chi connectivity index (χ2n) is 6.48. The number of nitrogens with one attached hydrogen (secondary N) is 1. The fraction of sp³-hybridized carbons (Fsp3) is 0.579. The molecular weight excluding hydrogens is 352 g/mol. The molecule has 1 amide bonds. The molecule has 2 aromatic rings. The molecule has 0 aliphatic rings. The van der Waals surface area contributed by atoms with Gasteiger partial charge in [-0.3, -0.25) is 4.79 Å². The highest BCUT2D eigenvalue weighted by Gasteiger charge is 2.12. The van der Waals surface area contributed by atoms with Crippen molar-refractivity contribution in [3.05, 3.63) is 34.5 Å². The zero-order valence-electron chi connectivity index (χ0n) is 15.5. The van der Waals surface area contributed by atoms with Gasteiger partial charge in [0.05, 0.1) is 23.8 Å². The maximum absolute atomic E-state index is 11.9. The van der Waals surface area contributed by atoms with Gasteiger partial charge in [0, 0.05) is 18.5 Å². The topological polar surface area (TPSA) is 84.6 Å². The van der Waals surface area contributed by atoms with E-state index < -0.39 is 0 Å². The van der Waals surface area contributed by atoms with E-state index in [-0.39, 0.29) is 18.6 Å². The summed E-state index contributed by atoms with van der Waals surface area (Å²) in [6, 6.07) is 5.32. The molecule has 0 aliphatic heterocycles. The number of ether oxygens (including phenoxy) is 1. The van der Waals surface area contributed by atoms with Gasteiger partial charge in [0.25, 0.3) is 5.91 Å². The number of aromatic nitrogens is 1. The Balaban J connectivity index is 1.52. The molecule has 0 aliphatic carbocycles. The van der Waals surface area contributed by atoms with Crippen molar-refractivity contribution in [3.8, 4) is 5.06 Å². The zero-order valence-corrected chi connectivity index (χ0v) is 16.3. The highest BCUT2D eigenvalue weighted by molar-refractivity contribution is 7.15.